The van der Waals surface area contributed by atoms with Gasteiger partial charge in [-0.1, -0.05) is 29.8 Å². The maximum atomic E-state index is 5.61. The summed E-state index contributed by atoms with van der Waals surface area (Å²) in [6.07, 6.45) is 1.56. The minimum atomic E-state index is 0. The van der Waals surface area contributed by atoms with Crippen LogP contribution in [-0.2, 0) is 20.1 Å². The topological polar surface area (TPSA) is 56.7 Å². The minimum Gasteiger partial charge on any atom is -0.461 e. The largest absolute Gasteiger partial charge is 0.461 e. The predicted octanol–water partition coefficient (Wildman–Crippen LogP) is 3.80. The van der Waals surface area contributed by atoms with Crippen molar-refractivity contribution in [1.82, 2.24) is 19.7 Å². The van der Waals surface area contributed by atoms with Crippen LogP contribution in [-0.4, -0.2) is 19.7 Å². The Labute approximate surface area is 153 Å². The summed E-state index contributed by atoms with van der Waals surface area (Å²) in [5.74, 6) is 1.33. The molecule has 0 aliphatic rings. The number of hydrogen-bond acceptors (Lipinski definition) is 4. The Kier molecular flexibility index (Phi) is 4.35. The second kappa shape index (κ2) is 6.30. The zero-order valence-corrected chi connectivity index (χ0v) is 15.9. The van der Waals surface area contributed by atoms with E-state index in [9.17, 15) is 0 Å². The molecule has 24 heavy (non-hydrogen) atoms. The first kappa shape index (κ1) is 16.6. The summed E-state index contributed by atoms with van der Waals surface area (Å²) in [6, 6.07) is 13.1. The summed E-state index contributed by atoms with van der Waals surface area (Å²) in [5, 5.41) is 4.43. The van der Waals surface area contributed by atoms with E-state index in [0.717, 1.165) is 33.5 Å². The number of oxazole rings is 1. The quantitative estimate of drug-likeness (QED) is 0.397. The monoisotopic (exact) mass is 496 g/mol. The minimum absolute atomic E-state index is 0. The van der Waals surface area contributed by atoms with E-state index >= 15 is 0 Å². The molecule has 2 aromatic carbocycles. The van der Waals surface area contributed by atoms with Gasteiger partial charge in [0.1, 0.15) is 6.33 Å². The van der Waals surface area contributed by atoms with Crippen LogP contribution in [0, 0.1) is 26.8 Å². The normalized spacial score (nSPS) is 10.8. The molecular formula is C18H15IrN4O-. The van der Waals surface area contributed by atoms with Crippen molar-refractivity contribution in [2.45, 2.75) is 20.8 Å². The molecule has 0 bridgehead atoms. The molecule has 4 rings (SSSR count). The molecule has 0 atom stereocenters. The van der Waals surface area contributed by atoms with Gasteiger partial charge in [0.15, 0.2) is 5.89 Å². The number of aromatic nitrogens is 4. The Bertz CT molecular complexity index is 999. The SMILES string of the molecule is Cc1nc2c(-c3ncnn3-c3c(C)cccc3C)[c-]ccc2o1.[Ir]. The summed E-state index contributed by atoms with van der Waals surface area (Å²) in [4.78, 5) is 8.91. The van der Waals surface area contributed by atoms with E-state index in [4.69, 9.17) is 4.42 Å². The van der Waals surface area contributed by atoms with Gasteiger partial charge in [0, 0.05) is 32.5 Å². The third-order valence-corrected chi connectivity index (χ3v) is 3.88. The molecule has 0 spiro atoms. The van der Waals surface area contributed by atoms with Crippen molar-refractivity contribution in [2.75, 3.05) is 0 Å². The molecule has 2 heterocycles. The third-order valence-electron chi connectivity index (χ3n) is 3.88. The van der Waals surface area contributed by atoms with Crippen LogP contribution in [0.25, 0.3) is 28.2 Å². The molecule has 0 aliphatic carbocycles. The van der Waals surface area contributed by atoms with Crippen LogP contribution in [0.5, 0.6) is 0 Å². The van der Waals surface area contributed by atoms with Gasteiger partial charge < -0.3 is 4.42 Å². The van der Waals surface area contributed by atoms with Crippen LogP contribution >= 0.6 is 0 Å². The van der Waals surface area contributed by atoms with Crippen LogP contribution in [0.3, 0.4) is 0 Å². The maximum Gasteiger partial charge on any atom is 0.180 e. The molecule has 0 amide bonds. The van der Waals surface area contributed by atoms with Gasteiger partial charge in [-0.25, -0.2) is 0 Å². The van der Waals surface area contributed by atoms with Gasteiger partial charge in [-0.05, 0) is 25.0 Å². The molecular weight excluding hydrogens is 480 g/mol. The first-order valence-electron chi connectivity index (χ1n) is 7.40. The number of benzene rings is 2. The van der Waals surface area contributed by atoms with E-state index < -0.39 is 0 Å². The molecule has 1 radical (unpaired) electrons. The second-order valence-electron chi connectivity index (χ2n) is 5.53. The first-order chi connectivity index (χ1) is 11.1. The number of para-hydroxylation sites is 1. The number of aryl methyl sites for hydroxylation is 3. The van der Waals surface area contributed by atoms with E-state index in [1.165, 1.54) is 0 Å². The smallest absolute Gasteiger partial charge is 0.180 e. The van der Waals surface area contributed by atoms with Gasteiger partial charge in [0.05, 0.1) is 17.1 Å². The Hall–Kier alpha value is -2.30. The maximum absolute atomic E-state index is 5.61. The molecule has 0 saturated heterocycles. The molecule has 5 nitrogen and oxygen atoms in total. The summed E-state index contributed by atoms with van der Waals surface area (Å²) in [5.41, 5.74) is 5.59. The fraction of sp³-hybridized carbons (Fsp3) is 0.167. The summed E-state index contributed by atoms with van der Waals surface area (Å²) >= 11 is 0. The van der Waals surface area contributed by atoms with E-state index in [-0.39, 0.29) is 20.1 Å². The van der Waals surface area contributed by atoms with Crippen LogP contribution in [0.1, 0.15) is 17.0 Å². The van der Waals surface area contributed by atoms with Crippen molar-refractivity contribution < 1.29 is 24.5 Å². The van der Waals surface area contributed by atoms with Crippen molar-refractivity contribution in [3.05, 3.63) is 59.7 Å². The molecule has 0 saturated carbocycles. The fourth-order valence-electron chi connectivity index (χ4n) is 2.89. The second-order valence-corrected chi connectivity index (χ2v) is 5.53. The van der Waals surface area contributed by atoms with Gasteiger partial charge in [-0.3, -0.25) is 14.6 Å². The van der Waals surface area contributed by atoms with Gasteiger partial charge in [-0.2, -0.15) is 5.10 Å². The Balaban J connectivity index is 0.00000169. The summed E-state index contributed by atoms with van der Waals surface area (Å²) in [6.45, 7) is 5.97. The van der Waals surface area contributed by atoms with Crippen LogP contribution in [0.15, 0.2) is 41.1 Å². The van der Waals surface area contributed by atoms with E-state index in [2.05, 4.69) is 47.1 Å². The first-order valence-corrected chi connectivity index (χ1v) is 7.40. The number of nitrogens with zero attached hydrogens (tertiary/aromatic N) is 4. The molecule has 4 aromatic rings. The molecule has 0 fully saturated rings. The van der Waals surface area contributed by atoms with E-state index in [1.807, 2.05) is 29.8 Å². The van der Waals surface area contributed by atoms with Gasteiger partial charge in [0.25, 0.3) is 0 Å². The van der Waals surface area contributed by atoms with Crippen LogP contribution < -0.4 is 0 Å². The molecule has 2 aromatic heterocycles. The number of fused-ring (bicyclic) bond motifs is 1. The number of hydrogen-bond donors (Lipinski definition) is 0. The number of rotatable bonds is 2. The Morgan fingerprint density at radius 1 is 1.08 bits per heavy atom. The molecule has 0 N–H and O–H groups in total. The van der Waals surface area contributed by atoms with Gasteiger partial charge in [-0.15, -0.1) is 12.1 Å². The Morgan fingerprint density at radius 3 is 2.58 bits per heavy atom. The van der Waals surface area contributed by atoms with Crippen molar-refractivity contribution >= 4 is 11.1 Å². The zero-order chi connectivity index (χ0) is 16.0. The third kappa shape index (κ3) is 2.58. The molecule has 123 valence electrons. The summed E-state index contributed by atoms with van der Waals surface area (Å²) < 4.78 is 7.46. The van der Waals surface area contributed by atoms with Crippen LogP contribution in [0.2, 0.25) is 0 Å². The van der Waals surface area contributed by atoms with Gasteiger partial charge in [0.2, 0.25) is 0 Å². The van der Waals surface area contributed by atoms with Crippen LogP contribution in [0.4, 0.5) is 0 Å². The van der Waals surface area contributed by atoms with E-state index in [0.29, 0.717) is 11.7 Å². The molecule has 0 unspecified atom stereocenters. The average Bonchev–Trinajstić information content (AvgIpc) is 3.12. The van der Waals surface area contributed by atoms with Crippen molar-refractivity contribution in [2.24, 2.45) is 0 Å². The van der Waals surface area contributed by atoms with E-state index in [1.54, 1.807) is 6.33 Å². The summed E-state index contributed by atoms with van der Waals surface area (Å²) in [7, 11) is 0. The zero-order valence-electron chi connectivity index (χ0n) is 13.5. The average molecular weight is 496 g/mol. The van der Waals surface area contributed by atoms with Crippen molar-refractivity contribution in [3.63, 3.8) is 0 Å². The van der Waals surface area contributed by atoms with Gasteiger partial charge >= 0.3 is 0 Å². The van der Waals surface area contributed by atoms with Crippen molar-refractivity contribution in [3.8, 4) is 17.1 Å². The predicted molar refractivity (Wildman–Crippen MR) is 87.4 cm³/mol. The standard InChI is InChI=1S/C18H15N4O.Ir/c1-11-6-4-7-12(2)17(11)22-18(19-10-20-22)14-8-5-9-15-16(14)21-13(3)23-15;/h4-7,9-10H,1-3H3;/q-1;. The Morgan fingerprint density at radius 2 is 1.83 bits per heavy atom. The molecule has 0 aliphatic heterocycles. The molecule has 6 heteroatoms. The van der Waals surface area contributed by atoms with Crippen molar-refractivity contribution in [1.29, 1.82) is 0 Å². The fourth-order valence-corrected chi connectivity index (χ4v) is 2.89.